The predicted octanol–water partition coefficient (Wildman–Crippen LogP) is 3.70. The molecule has 0 saturated carbocycles. The molecule has 0 amide bonds. The smallest absolute Gasteiger partial charge is 0.129 e. The van der Waals surface area contributed by atoms with E-state index in [0.717, 1.165) is 33.5 Å². The van der Waals surface area contributed by atoms with E-state index in [1.54, 1.807) is 6.20 Å². The number of benzene rings is 2. The number of aromatic nitrogens is 1. The van der Waals surface area contributed by atoms with Gasteiger partial charge in [-0.05, 0) is 48.4 Å². The van der Waals surface area contributed by atoms with Gasteiger partial charge in [0.25, 0.3) is 0 Å². The van der Waals surface area contributed by atoms with Gasteiger partial charge >= 0.3 is 0 Å². The van der Waals surface area contributed by atoms with Crippen molar-refractivity contribution in [3.05, 3.63) is 65.9 Å². The molecule has 1 aromatic heterocycles. The molecule has 3 heteroatoms. The van der Waals surface area contributed by atoms with E-state index < -0.39 is 0 Å². The van der Waals surface area contributed by atoms with E-state index in [1.165, 1.54) is 0 Å². The Labute approximate surface area is 118 Å². The maximum atomic E-state index is 5.95. The van der Waals surface area contributed by atoms with E-state index in [4.69, 9.17) is 10.5 Å². The number of rotatable bonds is 3. The second-order valence-electron chi connectivity index (χ2n) is 4.75. The van der Waals surface area contributed by atoms with E-state index in [9.17, 15) is 0 Å². The second kappa shape index (κ2) is 5.21. The molecule has 0 aliphatic rings. The zero-order chi connectivity index (χ0) is 13.9. The van der Waals surface area contributed by atoms with Crippen molar-refractivity contribution < 1.29 is 4.74 Å². The van der Waals surface area contributed by atoms with Gasteiger partial charge in [0, 0.05) is 17.3 Å². The van der Waals surface area contributed by atoms with Crippen molar-refractivity contribution in [2.24, 2.45) is 0 Å². The molecule has 20 heavy (non-hydrogen) atoms. The minimum absolute atomic E-state index is 0.505. The van der Waals surface area contributed by atoms with Crippen LogP contribution in [0.3, 0.4) is 0 Å². The van der Waals surface area contributed by atoms with Gasteiger partial charge < -0.3 is 10.5 Å². The molecule has 0 unspecified atom stereocenters. The molecule has 1 heterocycles. The third-order valence-corrected chi connectivity index (χ3v) is 3.48. The number of hydrogen-bond donors (Lipinski definition) is 1. The molecule has 0 atom stereocenters. The number of fused-ring (bicyclic) bond motifs is 1. The van der Waals surface area contributed by atoms with Crippen molar-refractivity contribution in [1.82, 2.24) is 4.98 Å². The molecular weight excluding hydrogens is 248 g/mol. The molecule has 100 valence electrons. The summed E-state index contributed by atoms with van der Waals surface area (Å²) in [6.45, 7) is 2.52. The Kier molecular flexibility index (Phi) is 3.25. The lowest BCUT2D eigenvalue weighted by Crippen LogP contribution is -2.01. The van der Waals surface area contributed by atoms with Gasteiger partial charge in [0.15, 0.2) is 0 Å². The van der Waals surface area contributed by atoms with Crippen molar-refractivity contribution >= 4 is 16.6 Å². The highest BCUT2D eigenvalue weighted by atomic mass is 16.5. The summed E-state index contributed by atoms with van der Waals surface area (Å²) < 4.78 is 5.95. The molecule has 2 aromatic carbocycles. The Morgan fingerprint density at radius 1 is 1.05 bits per heavy atom. The standard InChI is InChI=1S/C17H16N2O/c1-12-13(5-2-7-15(12)18)11-20-17-9-3-8-16-14(17)6-4-10-19-16/h2-10H,11,18H2,1H3. The zero-order valence-electron chi connectivity index (χ0n) is 11.3. The van der Waals surface area contributed by atoms with Crippen molar-refractivity contribution in [2.45, 2.75) is 13.5 Å². The van der Waals surface area contributed by atoms with Gasteiger partial charge in [-0.1, -0.05) is 18.2 Å². The summed E-state index contributed by atoms with van der Waals surface area (Å²) in [5, 5.41) is 1.02. The van der Waals surface area contributed by atoms with E-state index in [1.807, 2.05) is 55.5 Å². The van der Waals surface area contributed by atoms with Crippen molar-refractivity contribution in [3.8, 4) is 5.75 Å². The van der Waals surface area contributed by atoms with Crippen LogP contribution in [0.1, 0.15) is 11.1 Å². The highest BCUT2D eigenvalue weighted by Crippen LogP contribution is 2.25. The molecule has 0 bridgehead atoms. The number of nitrogen functional groups attached to an aromatic ring is 1. The van der Waals surface area contributed by atoms with Crippen LogP contribution in [-0.4, -0.2) is 4.98 Å². The van der Waals surface area contributed by atoms with E-state index in [0.29, 0.717) is 6.61 Å². The lowest BCUT2D eigenvalue weighted by molar-refractivity contribution is 0.309. The number of ether oxygens (including phenoxy) is 1. The fraction of sp³-hybridized carbons (Fsp3) is 0.118. The normalized spacial score (nSPS) is 10.7. The first-order valence-corrected chi connectivity index (χ1v) is 6.56. The highest BCUT2D eigenvalue weighted by Gasteiger charge is 2.05. The van der Waals surface area contributed by atoms with Gasteiger partial charge in [-0.3, -0.25) is 4.98 Å². The summed E-state index contributed by atoms with van der Waals surface area (Å²) in [6.07, 6.45) is 1.79. The van der Waals surface area contributed by atoms with Gasteiger partial charge in [-0.25, -0.2) is 0 Å². The number of hydrogen-bond acceptors (Lipinski definition) is 3. The van der Waals surface area contributed by atoms with Gasteiger partial charge in [0.1, 0.15) is 12.4 Å². The van der Waals surface area contributed by atoms with Crippen LogP contribution in [0.5, 0.6) is 5.75 Å². The van der Waals surface area contributed by atoms with E-state index in [-0.39, 0.29) is 0 Å². The fourth-order valence-corrected chi connectivity index (χ4v) is 2.22. The Morgan fingerprint density at radius 2 is 1.90 bits per heavy atom. The zero-order valence-corrected chi connectivity index (χ0v) is 11.3. The first kappa shape index (κ1) is 12.5. The van der Waals surface area contributed by atoms with E-state index in [2.05, 4.69) is 4.98 Å². The Hall–Kier alpha value is -2.55. The van der Waals surface area contributed by atoms with Crippen LogP contribution in [-0.2, 0) is 6.61 Å². The van der Waals surface area contributed by atoms with Crippen LogP contribution >= 0.6 is 0 Å². The van der Waals surface area contributed by atoms with Gasteiger partial charge in [0.05, 0.1) is 5.52 Å². The average Bonchev–Trinajstić information content (AvgIpc) is 2.49. The monoisotopic (exact) mass is 264 g/mol. The lowest BCUT2D eigenvalue weighted by Gasteiger charge is -2.11. The quantitative estimate of drug-likeness (QED) is 0.734. The Balaban J connectivity index is 1.89. The summed E-state index contributed by atoms with van der Waals surface area (Å²) in [6, 6.07) is 15.7. The van der Waals surface area contributed by atoms with Gasteiger partial charge in [-0.2, -0.15) is 0 Å². The molecular formula is C17H16N2O. The van der Waals surface area contributed by atoms with Crippen LogP contribution in [0.15, 0.2) is 54.7 Å². The number of anilines is 1. The maximum Gasteiger partial charge on any atom is 0.129 e. The summed E-state index contributed by atoms with van der Waals surface area (Å²) in [4.78, 5) is 4.33. The molecule has 3 rings (SSSR count). The Bertz CT molecular complexity index is 748. The summed E-state index contributed by atoms with van der Waals surface area (Å²) in [5.41, 5.74) is 9.83. The Morgan fingerprint density at radius 3 is 2.80 bits per heavy atom. The molecule has 3 nitrogen and oxygen atoms in total. The van der Waals surface area contributed by atoms with E-state index >= 15 is 0 Å². The molecule has 0 fully saturated rings. The first-order chi connectivity index (χ1) is 9.75. The number of nitrogens with zero attached hydrogens (tertiary/aromatic N) is 1. The van der Waals surface area contributed by atoms with Crippen LogP contribution in [0, 0.1) is 6.92 Å². The molecule has 0 aliphatic heterocycles. The summed E-state index contributed by atoms with van der Waals surface area (Å²) in [7, 11) is 0. The molecule has 0 radical (unpaired) electrons. The SMILES string of the molecule is Cc1c(N)cccc1COc1cccc2ncccc12. The third-order valence-electron chi connectivity index (χ3n) is 3.48. The summed E-state index contributed by atoms with van der Waals surface area (Å²) >= 11 is 0. The largest absolute Gasteiger partial charge is 0.488 e. The van der Waals surface area contributed by atoms with Crippen LogP contribution in [0.4, 0.5) is 5.69 Å². The topological polar surface area (TPSA) is 48.1 Å². The number of pyridine rings is 1. The van der Waals surface area contributed by atoms with Crippen molar-refractivity contribution in [1.29, 1.82) is 0 Å². The van der Waals surface area contributed by atoms with Gasteiger partial charge in [-0.15, -0.1) is 0 Å². The predicted molar refractivity (Wildman–Crippen MR) is 81.7 cm³/mol. The van der Waals surface area contributed by atoms with Crippen molar-refractivity contribution in [3.63, 3.8) is 0 Å². The molecule has 3 aromatic rings. The maximum absolute atomic E-state index is 5.95. The van der Waals surface area contributed by atoms with Crippen LogP contribution in [0.2, 0.25) is 0 Å². The third kappa shape index (κ3) is 2.30. The minimum Gasteiger partial charge on any atom is -0.488 e. The van der Waals surface area contributed by atoms with Crippen LogP contribution < -0.4 is 10.5 Å². The molecule has 2 N–H and O–H groups in total. The fourth-order valence-electron chi connectivity index (χ4n) is 2.22. The second-order valence-corrected chi connectivity index (χ2v) is 4.75. The van der Waals surface area contributed by atoms with Crippen LogP contribution in [0.25, 0.3) is 10.9 Å². The first-order valence-electron chi connectivity index (χ1n) is 6.56. The molecule has 0 saturated heterocycles. The summed E-state index contributed by atoms with van der Waals surface area (Å²) in [5.74, 6) is 0.845. The lowest BCUT2D eigenvalue weighted by atomic mass is 10.1. The molecule has 0 spiro atoms. The average molecular weight is 264 g/mol. The number of nitrogens with two attached hydrogens (primary N) is 1. The molecule has 0 aliphatic carbocycles. The highest BCUT2D eigenvalue weighted by molar-refractivity contribution is 5.84. The van der Waals surface area contributed by atoms with Gasteiger partial charge in [0.2, 0.25) is 0 Å². The van der Waals surface area contributed by atoms with Crippen molar-refractivity contribution in [2.75, 3.05) is 5.73 Å². The minimum atomic E-state index is 0.505.